The van der Waals surface area contributed by atoms with Gasteiger partial charge in [-0.3, -0.25) is 0 Å². The van der Waals surface area contributed by atoms with Gasteiger partial charge >= 0.3 is 0 Å². The Bertz CT molecular complexity index is 738. The van der Waals surface area contributed by atoms with E-state index >= 15 is 0 Å². The monoisotopic (exact) mass is 356 g/mol. The molecule has 0 amide bonds. The van der Waals surface area contributed by atoms with Gasteiger partial charge in [0.1, 0.15) is 5.60 Å². The summed E-state index contributed by atoms with van der Waals surface area (Å²) in [6, 6.07) is 0. The number of aliphatic hydroxyl groups is 1. The molecule has 4 aliphatic rings. The average molecular weight is 357 g/mol. The molecule has 4 aliphatic carbocycles. The molecule has 0 bridgehead atoms. The van der Waals surface area contributed by atoms with Gasteiger partial charge in [0.25, 0.3) is 0 Å². The van der Waals surface area contributed by atoms with Crippen LogP contribution in [0.25, 0.3) is 0 Å². The molecule has 2 fully saturated rings. The summed E-state index contributed by atoms with van der Waals surface area (Å²) in [5, 5.41) is 19.3. The van der Waals surface area contributed by atoms with Crippen LogP contribution in [0.15, 0.2) is 34.0 Å². The molecule has 0 heterocycles. The molecule has 4 rings (SSSR count). The lowest BCUT2D eigenvalue weighted by atomic mass is 9.48. The molecule has 2 saturated carbocycles. The highest BCUT2D eigenvalue weighted by atomic mass is 16.3. The molecule has 6 atom stereocenters. The standard InChI is InChI=1S/C21H32N4O/c1-13(24-22)21(26)11-8-18-16-5-4-14-12-15(25-23)6-9-19(14,2)17(16)7-10-20(18,21)3/h4-5,12,16-18,26H,6-11,22-23H2,1-3H3. The first-order valence-electron chi connectivity index (χ1n) is 9.94. The average Bonchev–Trinajstić information content (AvgIpc) is 2.92. The molecule has 5 N–H and O–H groups in total. The van der Waals surface area contributed by atoms with Crippen LogP contribution < -0.4 is 11.7 Å². The Morgan fingerprint density at radius 3 is 2.58 bits per heavy atom. The minimum atomic E-state index is -0.867. The summed E-state index contributed by atoms with van der Waals surface area (Å²) in [6.07, 6.45) is 12.9. The second kappa shape index (κ2) is 5.69. The van der Waals surface area contributed by atoms with E-state index in [-0.39, 0.29) is 10.8 Å². The van der Waals surface area contributed by atoms with E-state index in [4.69, 9.17) is 11.7 Å². The molecule has 5 heteroatoms. The molecule has 0 aromatic carbocycles. The smallest absolute Gasteiger partial charge is 0.110 e. The predicted molar refractivity (Wildman–Crippen MR) is 105 cm³/mol. The van der Waals surface area contributed by atoms with Gasteiger partial charge in [-0.15, -0.1) is 0 Å². The van der Waals surface area contributed by atoms with Crippen molar-refractivity contribution in [3.8, 4) is 0 Å². The molecule has 0 saturated heterocycles. The fourth-order valence-electron chi connectivity index (χ4n) is 6.83. The number of nitrogens with zero attached hydrogens (tertiary/aromatic N) is 2. The van der Waals surface area contributed by atoms with Gasteiger partial charge in [0, 0.05) is 5.41 Å². The van der Waals surface area contributed by atoms with Gasteiger partial charge in [-0.05, 0) is 80.3 Å². The molecular weight excluding hydrogens is 324 g/mol. The van der Waals surface area contributed by atoms with Crippen molar-refractivity contribution in [3.63, 3.8) is 0 Å². The zero-order valence-electron chi connectivity index (χ0n) is 16.2. The normalized spacial score (nSPS) is 49.4. The molecule has 0 aromatic heterocycles. The van der Waals surface area contributed by atoms with Crippen molar-refractivity contribution in [2.24, 2.45) is 50.5 Å². The summed E-state index contributed by atoms with van der Waals surface area (Å²) in [4.78, 5) is 0. The lowest BCUT2D eigenvalue weighted by Gasteiger charge is -2.57. The van der Waals surface area contributed by atoms with Crippen molar-refractivity contribution in [3.05, 3.63) is 23.8 Å². The summed E-state index contributed by atoms with van der Waals surface area (Å²) in [7, 11) is 0. The van der Waals surface area contributed by atoms with Crippen LogP contribution in [0.5, 0.6) is 0 Å². The molecule has 0 aliphatic heterocycles. The first-order valence-corrected chi connectivity index (χ1v) is 9.94. The van der Waals surface area contributed by atoms with Crippen molar-refractivity contribution in [1.82, 2.24) is 0 Å². The van der Waals surface area contributed by atoms with Gasteiger partial charge in [0.15, 0.2) is 0 Å². The Morgan fingerprint density at radius 1 is 1.15 bits per heavy atom. The van der Waals surface area contributed by atoms with E-state index in [1.165, 1.54) is 5.57 Å². The maximum Gasteiger partial charge on any atom is 0.110 e. The second-order valence-corrected chi connectivity index (χ2v) is 9.36. The molecule has 26 heavy (non-hydrogen) atoms. The van der Waals surface area contributed by atoms with Crippen LogP contribution in [0.2, 0.25) is 0 Å². The van der Waals surface area contributed by atoms with Crippen molar-refractivity contribution >= 4 is 11.4 Å². The van der Waals surface area contributed by atoms with Crippen LogP contribution in [-0.4, -0.2) is 22.1 Å². The SMILES string of the molecule is CC(=NN)C1(O)CCC2C3C=CC4=CC(=NN)CCC4(C)C3CCC21C. The van der Waals surface area contributed by atoms with Crippen molar-refractivity contribution < 1.29 is 5.11 Å². The first-order chi connectivity index (χ1) is 12.3. The quantitative estimate of drug-likeness (QED) is 0.382. The van der Waals surface area contributed by atoms with E-state index in [0.29, 0.717) is 23.5 Å². The minimum Gasteiger partial charge on any atom is -0.383 e. The third kappa shape index (κ3) is 2.07. The van der Waals surface area contributed by atoms with Gasteiger partial charge < -0.3 is 16.8 Å². The van der Waals surface area contributed by atoms with E-state index in [2.05, 4.69) is 42.3 Å². The lowest BCUT2D eigenvalue weighted by Crippen LogP contribution is -2.56. The van der Waals surface area contributed by atoms with Crippen molar-refractivity contribution in [2.75, 3.05) is 0 Å². The number of hydrogen-bond donors (Lipinski definition) is 3. The van der Waals surface area contributed by atoms with Gasteiger partial charge in [0.2, 0.25) is 0 Å². The molecule has 0 spiro atoms. The van der Waals surface area contributed by atoms with Crippen LogP contribution in [0.3, 0.4) is 0 Å². The minimum absolute atomic E-state index is 0.151. The van der Waals surface area contributed by atoms with Crippen LogP contribution in [0.1, 0.15) is 59.3 Å². The van der Waals surface area contributed by atoms with Gasteiger partial charge in [-0.1, -0.05) is 26.0 Å². The van der Waals surface area contributed by atoms with E-state index in [1.54, 1.807) is 0 Å². The van der Waals surface area contributed by atoms with E-state index in [9.17, 15) is 5.11 Å². The van der Waals surface area contributed by atoms with Crippen LogP contribution >= 0.6 is 0 Å². The summed E-state index contributed by atoms with van der Waals surface area (Å²) in [6.45, 7) is 6.56. The van der Waals surface area contributed by atoms with Crippen LogP contribution in [0, 0.1) is 28.6 Å². The fraction of sp³-hybridized carbons (Fsp3) is 0.714. The predicted octanol–water partition coefficient (Wildman–Crippen LogP) is 3.11. The number of hydrazone groups is 2. The summed E-state index contributed by atoms with van der Waals surface area (Å²) in [5.74, 6) is 12.7. The molecule has 142 valence electrons. The van der Waals surface area contributed by atoms with Crippen molar-refractivity contribution in [2.45, 2.75) is 64.9 Å². The summed E-state index contributed by atoms with van der Waals surface area (Å²) < 4.78 is 0. The molecule has 0 aromatic rings. The Labute approximate surface area is 156 Å². The Kier molecular flexibility index (Phi) is 3.89. The molecule has 0 radical (unpaired) electrons. The van der Waals surface area contributed by atoms with E-state index < -0.39 is 5.60 Å². The molecule has 5 nitrogen and oxygen atoms in total. The number of fused-ring (bicyclic) bond motifs is 5. The van der Waals surface area contributed by atoms with Crippen molar-refractivity contribution in [1.29, 1.82) is 0 Å². The van der Waals surface area contributed by atoms with Gasteiger partial charge in [-0.25, -0.2) is 0 Å². The largest absolute Gasteiger partial charge is 0.383 e. The van der Waals surface area contributed by atoms with E-state index in [0.717, 1.165) is 44.2 Å². The topological polar surface area (TPSA) is 97.0 Å². The maximum absolute atomic E-state index is 11.5. The number of rotatable bonds is 1. The Morgan fingerprint density at radius 2 is 1.88 bits per heavy atom. The lowest BCUT2D eigenvalue weighted by molar-refractivity contribution is -0.0748. The van der Waals surface area contributed by atoms with Gasteiger partial charge in [-0.2, -0.15) is 10.2 Å². The second-order valence-electron chi connectivity index (χ2n) is 9.36. The van der Waals surface area contributed by atoms with Gasteiger partial charge in [0.05, 0.1) is 11.4 Å². The highest BCUT2D eigenvalue weighted by molar-refractivity contribution is 5.97. The third-order valence-corrected chi connectivity index (χ3v) is 8.64. The Balaban J connectivity index is 1.74. The number of nitrogens with two attached hydrogens (primary N) is 2. The first kappa shape index (κ1) is 17.8. The Hall–Kier alpha value is -1.62. The highest BCUT2D eigenvalue weighted by Gasteiger charge is 2.64. The molecule has 6 unspecified atom stereocenters. The van der Waals surface area contributed by atoms with Crippen LogP contribution in [0.4, 0.5) is 0 Å². The molecular formula is C21H32N4O. The van der Waals surface area contributed by atoms with E-state index in [1.807, 2.05) is 6.92 Å². The fourth-order valence-corrected chi connectivity index (χ4v) is 6.83. The highest BCUT2D eigenvalue weighted by Crippen LogP contribution is 2.66. The zero-order valence-corrected chi connectivity index (χ0v) is 16.2. The number of allylic oxidation sites excluding steroid dienone is 4. The summed E-state index contributed by atoms with van der Waals surface area (Å²) >= 11 is 0. The third-order valence-electron chi connectivity index (χ3n) is 8.64. The number of hydrogen-bond acceptors (Lipinski definition) is 5. The van der Waals surface area contributed by atoms with Crippen LogP contribution in [-0.2, 0) is 0 Å². The summed E-state index contributed by atoms with van der Waals surface area (Å²) in [5.41, 5.74) is 2.24. The zero-order chi connectivity index (χ0) is 18.7. The maximum atomic E-state index is 11.5.